The molecule has 2 aromatic rings. The Morgan fingerprint density at radius 3 is 2.96 bits per heavy atom. The summed E-state index contributed by atoms with van der Waals surface area (Å²) in [6, 6.07) is 17.2. The van der Waals surface area contributed by atoms with Crippen LogP contribution in [0.15, 0.2) is 48.5 Å². The number of nitrogens with zero attached hydrogens (tertiary/aromatic N) is 2. The van der Waals surface area contributed by atoms with Gasteiger partial charge in [0.15, 0.2) is 0 Å². The lowest BCUT2D eigenvalue weighted by Gasteiger charge is -2.30. The van der Waals surface area contributed by atoms with Crippen molar-refractivity contribution in [2.75, 3.05) is 13.7 Å². The molecule has 0 saturated heterocycles. The smallest absolute Gasteiger partial charge is 0.237 e. The maximum atomic E-state index is 12.7. The topological polar surface area (TPSA) is 65.4 Å². The van der Waals surface area contributed by atoms with E-state index in [-0.39, 0.29) is 18.0 Å². The molecule has 1 heterocycles. The van der Waals surface area contributed by atoms with Crippen molar-refractivity contribution in [1.29, 1.82) is 5.26 Å². The summed E-state index contributed by atoms with van der Waals surface area (Å²) >= 11 is 0. The molecule has 0 spiro atoms. The van der Waals surface area contributed by atoms with E-state index in [0.717, 1.165) is 23.3 Å². The van der Waals surface area contributed by atoms with Gasteiger partial charge in [-0.25, -0.2) is 0 Å². The first-order chi connectivity index (χ1) is 12.6. The zero-order valence-electron chi connectivity index (χ0n) is 15.1. The molecule has 3 rings (SSSR count). The second kappa shape index (κ2) is 8.03. The van der Waals surface area contributed by atoms with Gasteiger partial charge in [-0.05, 0) is 37.7 Å². The van der Waals surface area contributed by atoms with E-state index in [9.17, 15) is 4.79 Å². The van der Waals surface area contributed by atoms with Gasteiger partial charge in [-0.15, -0.1) is 0 Å². The lowest BCUT2D eigenvalue weighted by atomic mass is 10.00. The Kier molecular flexibility index (Phi) is 5.55. The first kappa shape index (κ1) is 18.0. The standard InChI is InChI=1S/C21H23N3O2/c1-15(24(2)14-17-7-5-6-16(12-17)13-22)21(25)23-19-10-11-26-20-9-4-3-8-18(19)20/h3-9,12,15,19H,10-11,14H2,1-2H3,(H,23,25). The van der Waals surface area contributed by atoms with Crippen LogP contribution >= 0.6 is 0 Å². The third-order valence-corrected chi connectivity index (χ3v) is 4.80. The summed E-state index contributed by atoms with van der Waals surface area (Å²) in [7, 11) is 1.92. The number of carbonyl (C=O) groups is 1. The van der Waals surface area contributed by atoms with Crippen LogP contribution in [0.25, 0.3) is 0 Å². The predicted octanol–water partition coefficient (Wildman–Crippen LogP) is 3.02. The van der Waals surface area contributed by atoms with Crippen molar-refractivity contribution in [1.82, 2.24) is 10.2 Å². The number of amides is 1. The summed E-state index contributed by atoms with van der Waals surface area (Å²) < 4.78 is 5.66. The van der Waals surface area contributed by atoms with Crippen molar-refractivity contribution < 1.29 is 9.53 Å². The molecule has 5 nitrogen and oxygen atoms in total. The van der Waals surface area contributed by atoms with Gasteiger partial charge in [0.2, 0.25) is 5.91 Å². The van der Waals surface area contributed by atoms with E-state index in [0.29, 0.717) is 18.7 Å². The molecule has 2 unspecified atom stereocenters. The number of hydrogen-bond acceptors (Lipinski definition) is 4. The van der Waals surface area contributed by atoms with E-state index in [1.54, 1.807) is 6.07 Å². The van der Waals surface area contributed by atoms with Gasteiger partial charge in [0.1, 0.15) is 5.75 Å². The fraction of sp³-hybridized carbons (Fsp3) is 0.333. The molecule has 2 atom stereocenters. The number of nitrogens with one attached hydrogen (secondary N) is 1. The Labute approximate surface area is 154 Å². The number of ether oxygens (including phenoxy) is 1. The third kappa shape index (κ3) is 4.04. The molecule has 1 amide bonds. The zero-order chi connectivity index (χ0) is 18.5. The molecule has 1 N–H and O–H groups in total. The van der Waals surface area contributed by atoms with Gasteiger partial charge in [0, 0.05) is 18.5 Å². The van der Waals surface area contributed by atoms with E-state index < -0.39 is 0 Å². The van der Waals surface area contributed by atoms with Gasteiger partial charge in [0.25, 0.3) is 0 Å². The minimum Gasteiger partial charge on any atom is -0.493 e. The van der Waals surface area contributed by atoms with Crippen molar-refractivity contribution in [3.8, 4) is 11.8 Å². The number of benzene rings is 2. The lowest BCUT2D eigenvalue weighted by Crippen LogP contribution is -2.45. The van der Waals surface area contributed by atoms with Crippen LogP contribution in [0.2, 0.25) is 0 Å². The van der Waals surface area contributed by atoms with Gasteiger partial charge in [-0.3, -0.25) is 9.69 Å². The Hall–Kier alpha value is -2.84. The molecular formula is C21H23N3O2. The summed E-state index contributed by atoms with van der Waals surface area (Å²) in [6.07, 6.45) is 0.767. The van der Waals surface area contributed by atoms with Crippen molar-refractivity contribution >= 4 is 5.91 Å². The van der Waals surface area contributed by atoms with E-state index >= 15 is 0 Å². The van der Waals surface area contributed by atoms with E-state index in [2.05, 4.69) is 11.4 Å². The van der Waals surface area contributed by atoms with Gasteiger partial charge < -0.3 is 10.1 Å². The second-order valence-electron chi connectivity index (χ2n) is 6.64. The number of nitriles is 1. The molecule has 0 aromatic heterocycles. The van der Waals surface area contributed by atoms with Crippen molar-refractivity contribution in [3.05, 3.63) is 65.2 Å². The van der Waals surface area contributed by atoms with Crippen LogP contribution in [-0.2, 0) is 11.3 Å². The average molecular weight is 349 g/mol. The fourth-order valence-electron chi connectivity index (χ4n) is 3.15. The Bertz CT molecular complexity index is 828. The summed E-state index contributed by atoms with van der Waals surface area (Å²) in [5, 5.41) is 12.2. The van der Waals surface area contributed by atoms with Gasteiger partial charge >= 0.3 is 0 Å². The molecule has 0 saturated carbocycles. The van der Waals surface area contributed by atoms with Crippen LogP contribution < -0.4 is 10.1 Å². The molecule has 0 bridgehead atoms. The summed E-state index contributed by atoms with van der Waals surface area (Å²) in [5.41, 5.74) is 2.68. The molecule has 1 aliphatic heterocycles. The van der Waals surface area contributed by atoms with Crippen LogP contribution in [0.3, 0.4) is 0 Å². The van der Waals surface area contributed by atoms with Crippen molar-refractivity contribution in [3.63, 3.8) is 0 Å². The Balaban J connectivity index is 1.63. The highest BCUT2D eigenvalue weighted by Crippen LogP contribution is 2.31. The quantitative estimate of drug-likeness (QED) is 0.901. The summed E-state index contributed by atoms with van der Waals surface area (Å²) in [4.78, 5) is 14.7. The van der Waals surface area contributed by atoms with Gasteiger partial charge in [-0.1, -0.05) is 30.3 Å². The number of carbonyl (C=O) groups excluding carboxylic acids is 1. The van der Waals surface area contributed by atoms with E-state index in [1.807, 2.05) is 61.3 Å². The number of fused-ring (bicyclic) bond motifs is 1. The molecule has 0 fully saturated rings. The largest absolute Gasteiger partial charge is 0.493 e. The molecule has 1 aliphatic rings. The first-order valence-electron chi connectivity index (χ1n) is 8.80. The zero-order valence-corrected chi connectivity index (χ0v) is 15.1. The Morgan fingerprint density at radius 1 is 1.35 bits per heavy atom. The van der Waals surface area contributed by atoms with Crippen LogP contribution in [0.5, 0.6) is 5.75 Å². The number of hydrogen-bond donors (Lipinski definition) is 1. The minimum absolute atomic E-state index is 0.00867. The molecule has 0 radical (unpaired) electrons. The Morgan fingerprint density at radius 2 is 2.15 bits per heavy atom. The molecule has 5 heteroatoms. The van der Waals surface area contributed by atoms with Gasteiger partial charge in [0.05, 0.1) is 30.3 Å². The molecule has 2 aromatic carbocycles. The third-order valence-electron chi connectivity index (χ3n) is 4.80. The maximum Gasteiger partial charge on any atom is 0.237 e. The van der Waals surface area contributed by atoms with Crippen molar-refractivity contribution in [2.24, 2.45) is 0 Å². The normalized spacial score (nSPS) is 16.9. The lowest BCUT2D eigenvalue weighted by molar-refractivity contribution is -0.126. The summed E-state index contributed by atoms with van der Waals surface area (Å²) in [6.45, 7) is 3.11. The summed E-state index contributed by atoms with van der Waals surface area (Å²) in [5.74, 6) is 0.837. The number of para-hydroxylation sites is 1. The monoisotopic (exact) mass is 349 g/mol. The molecule has 0 aliphatic carbocycles. The van der Waals surface area contributed by atoms with Crippen LogP contribution in [-0.4, -0.2) is 30.5 Å². The highest BCUT2D eigenvalue weighted by molar-refractivity contribution is 5.81. The van der Waals surface area contributed by atoms with E-state index in [4.69, 9.17) is 10.00 Å². The maximum absolute atomic E-state index is 12.7. The molecule has 26 heavy (non-hydrogen) atoms. The number of rotatable bonds is 5. The second-order valence-corrected chi connectivity index (χ2v) is 6.64. The SMILES string of the molecule is CC(C(=O)NC1CCOc2ccccc21)N(C)Cc1cccc(C#N)c1. The molecule has 134 valence electrons. The van der Waals surface area contributed by atoms with Gasteiger partial charge in [-0.2, -0.15) is 5.26 Å². The average Bonchev–Trinajstić information content (AvgIpc) is 2.67. The first-order valence-corrected chi connectivity index (χ1v) is 8.80. The van der Waals surface area contributed by atoms with Crippen LogP contribution in [0.4, 0.5) is 0 Å². The van der Waals surface area contributed by atoms with Crippen LogP contribution in [0, 0.1) is 11.3 Å². The predicted molar refractivity (Wildman–Crippen MR) is 99.5 cm³/mol. The minimum atomic E-state index is -0.282. The highest BCUT2D eigenvalue weighted by atomic mass is 16.5. The van der Waals surface area contributed by atoms with E-state index in [1.165, 1.54) is 0 Å². The highest BCUT2D eigenvalue weighted by Gasteiger charge is 2.26. The molecular weight excluding hydrogens is 326 g/mol. The van der Waals surface area contributed by atoms with Crippen molar-refractivity contribution in [2.45, 2.75) is 32.0 Å². The van der Waals surface area contributed by atoms with Crippen LogP contribution in [0.1, 0.15) is 36.1 Å². The number of likely N-dealkylation sites (N-methyl/N-ethyl adjacent to an activating group) is 1. The fourth-order valence-corrected chi connectivity index (χ4v) is 3.15.